The zero-order valence-electron chi connectivity index (χ0n) is 21.9. The summed E-state index contributed by atoms with van der Waals surface area (Å²) in [6.45, 7) is 6.52. The fourth-order valence-corrected chi connectivity index (χ4v) is 5.86. The Bertz CT molecular complexity index is 1350. The minimum Gasteiger partial charge on any atom is -0.377 e. The highest BCUT2D eigenvalue weighted by Gasteiger charge is 2.41. The molecule has 6 rings (SSSR count). The van der Waals surface area contributed by atoms with Gasteiger partial charge in [0.1, 0.15) is 5.41 Å². The van der Waals surface area contributed by atoms with Gasteiger partial charge in [0.25, 0.3) is 5.91 Å². The Labute approximate surface area is 222 Å². The summed E-state index contributed by atoms with van der Waals surface area (Å²) in [5.74, 6) is 1.08. The van der Waals surface area contributed by atoms with E-state index in [2.05, 4.69) is 44.3 Å². The molecule has 0 unspecified atom stereocenters. The van der Waals surface area contributed by atoms with E-state index < -0.39 is 5.41 Å². The number of aromatic nitrogens is 4. The molecule has 9 heteroatoms. The number of likely N-dealkylation sites (tertiary alicyclic amines) is 1. The number of amides is 1. The molecule has 1 amide bonds. The lowest BCUT2D eigenvalue weighted by atomic mass is 9.76. The maximum Gasteiger partial charge on any atom is 0.259 e. The number of nitrogens with one attached hydrogen (secondary N) is 1. The van der Waals surface area contributed by atoms with Crippen molar-refractivity contribution in [3.63, 3.8) is 0 Å². The van der Waals surface area contributed by atoms with E-state index in [0.29, 0.717) is 29.0 Å². The first kappa shape index (κ1) is 24.7. The van der Waals surface area contributed by atoms with Gasteiger partial charge >= 0.3 is 0 Å². The van der Waals surface area contributed by atoms with E-state index in [1.165, 1.54) is 18.4 Å². The molecule has 0 radical (unpaired) electrons. The number of ether oxygens (including phenoxy) is 1. The van der Waals surface area contributed by atoms with Crippen LogP contribution in [0.3, 0.4) is 0 Å². The number of hydrogen-bond donors (Lipinski definition) is 1. The van der Waals surface area contributed by atoms with Crippen LogP contribution in [-0.4, -0.2) is 62.4 Å². The van der Waals surface area contributed by atoms with Crippen LogP contribution in [0.15, 0.2) is 42.9 Å². The second-order valence-corrected chi connectivity index (χ2v) is 10.8. The number of hydrogen-bond acceptors (Lipinski definition) is 7. The summed E-state index contributed by atoms with van der Waals surface area (Å²) < 4.78 is 7.43. The number of anilines is 1. The Morgan fingerprint density at radius 1 is 1.11 bits per heavy atom. The Morgan fingerprint density at radius 3 is 2.53 bits per heavy atom. The third-order valence-electron chi connectivity index (χ3n) is 8.47. The predicted octanol–water partition coefficient (Wildman–Crippen LogP) is 4.14. The van der Waals surface area contributed by atoms with Gasteiger partial charge in [0, 0.05) is 31.9 Å². The van der Waals surface area contributed by atoms with Crippen molar-refractivity contribution in [2.45, 2.75) is 69.4 Å². The molecule has 3 aromatic heterocycles. The molecule has 3 fully saturated rings. The lowest BCUT2D eigenvalue weighted by Gasteiger charge is -2.40. The smallest absolute Gasteiger partial charge is 0.259 e. The van der Waals surface area contributed by atoms with Crippen LogP contribution in [-0.2, 0) is 10.2 Å². The molecular weight excluding hydrogens is 478 g/mol. The highest BCUT2D eigenvalue weighted by atomic mass is 16.5. The van der Waals surface area contributed by atoms with Crippen LogP contribution in [0.4, 0.5) is 5.69 Å². The van der Waals surface area contributed by atoms with Gasteiger partial charge in [0.2, 0.25) is 0 Å². The number of nitriles is 1. The van der Waals surface area contributed by atoms with Gasteiger partial charge in [0.05, 0.1) is 47.2 Å². The van der Waals surface area contributed by atoms with E-state index in [-0.39, 0.29) is 12.0 Å². The van der Waals surface area contributed by atoms with E-state index in [4.69, 9.17) is 4.74 Å². The lowest BCUT2D eigenvalue weighted by Crippen LogP contribution is -2.48. The number of carbonyl (C=O) groups excluding carboxylic acids is 1. The summed E-state index contributed by atoms with van der Waals surface area (Å²) in [6, 6.07) is 10.7. The van der Waals surface area contributed by atoms with Gasteiger partial charge in [0.15, 0.2) is 5.82 Å². The highest BCUT2D eigenvalue weighted by molar-refractivity contribution is 6.04. The molecular formula is C29H33N7O2. The first-order valence-corrected chi connectivity index (χ1v) is 13.5. The third kappa shape index (κ3) is 4.59. The van der Waals surface area contributed by atoms with Crippen LogP contribution in [0.5, 0.6) is 0 Å². The van der Waals surface area contributed by atoms with Gasteiger partial charge in [-0.2, -0.15) is 10.4 Å². The maximum atomic E-state index is 13.0. The van der Waals surface area contributed by atoms with Crippen molar-refractivity contribution >= 4 is 11.6 Å². The largest absolute Gasteiger partial charge is 0.377 e. The van der Waals surface area contributed by atoms with Gasteiger partial charge in [-0.15, -0.1) is 0 Å². The van der Waals surface area contributed by atoms with Gasteiger partial charge in [-0.25, -0.2) is 9.67 Å². The number of carbonyl (C=O) groups is 1. The fraction of sp³-hybridized carbons (Fsp3) is 0.483. The summed E-state index contributed by atoms with van der Waals surface area (Å²) >= 11 is 0. The van der Waals surface area contributed by atoms with Gasteiger partial charge in [-0.3, -0.25) is 14.7 Å². The second kappa shape index (κ2) is 9.93. The number of pyridine rings is 2. The van der Waals surface area contributed by atoms with Gasteiger partial charge in [-0.05, 0) is 75.6 Å². The van der Waals surface area contributed by atoms with E-state index >= 15 is 0 Å². The standard InChI is InChI=1S/C29H33N7O2/c1-19-24(17-33-36(19)27-8-5-22(15-32-27)21-3-4-21)28(37)34-23-6-7-26(31-16-23)29(18-30)10-12-35(13-11-29)25-9-14-38-20(25)2/h5-8,15-17,20-21,25H,3-4,9-14H2,1-2H3,(H,34,37)/t20-,25-/m0/s1. The summed E-state index contributed by atoms with van der Waals surface area (Å²) in [5, 5.41) is 17.4. The van der Waals surface area contributed by atoms with Crippen molar-refractivity contribution in [2.75, 3.05) is 25.0 Å². The molecule has 0 spiro atoms. The molecule has 1 N–H and O–H groups in total. The minimum absolute atomic E-state index is 0.241. The first-order valence-electron chi connectivity index (χ1n) is 13.5. The highest BCUT2D eigenvalue weighted by Crippen LogP contribution is 2.40. The van der Waals surface area contributed by atoms with Crippen LogP contribution < -0.4 is 5.32 Å². The van der Waals surface area contributed by atoms with Crippen LogP contribution in [0.2, 0.25) is 0 Å². The lowest BCUT2D eigenvalue weighted by molar-refractivity contribution is 0.0570. The molecule has 3 aliphatic rings. The summed E-state index contributed by atoms with van der Waals surface area (Å²) in [6.07, 6.45) is 10.3. The zero-order chi connectivity index (χ0) is 26.3. The summed E-state index contributed by atoms with van der Waals surface area (Å²) in [5.41, 5.74) is 3.19. The Balaban J connectivity index is 1.11. The molecule has 2 saturated heterocycles. The first-order chi connectivity index (χ1) is 18.5. The van der Waals surface area contributed by atoms with Crippen molar-refractivity contribution in [3.8, 4) is 11.9 Å². The van der Waals surface area contributed by atoms with E-state index in [0.717, 1.165) is 50.3 Å². The molecule has 38 heavy (non-hydrogen) atoms. The molecule has 0 aromatic carbocycles. The summed E-state index contributed by atoms with van der Waals surface area (Å²) in [4.78, 5) is 24.7. The summed E-state index contributed by atoms with van der Waals surface area (Å²) in [7, 11) is 0. The maximum absolute atomic E-state index is 13.0. The van der Waals surface area contributed by atoms with Crippen molar-refractivity contribution < 1.29 is 9.53 Å². The van der Waals surface area contributed by atoms with E-state index in [1.54, 1.807) is 17.1 Å². The van der Waals surface area contributed by atoms with Crippen LogP contribution in [0.1, 0.15) is 72.3 Å². The third-order valence-corrected chi connectivity index (χ3v) is 8.47. The Hall–Kier alpha value is -3.61. The van der Waals surface area contributed by atoms with Crippen molar-refractivity contribution in [2.24, 2.45) is 0 Å². The fourth-order valence-electron chi connectivity index (χ4n) is 5.86. The quantitative estimate of drug-likeness (QED) is 0.530. The normalized spacial score (nSPS) is 23.2. The molecule has 1 aliphatic carbocycles. The molecule has 9 nitrogen and oxygen atoms in total. The SMILES string of the molecule is Cc1c(C(=O)Nc2ccc(C3(C#N)CCN([C@H]4CCO[C@H]4C)CC3)nc2)cnn1-c1ccc(C2CC2)cn1. The van der Waals surface area contributed by atoms with E-state index in [9.17, 15) is 10.1 Å². The molecule has 0 bridgehead atoms. The minimum atomic E-state index is -0.610. The predicted molar refractivity (Wildman–Crippen MR) is 142 cm³/mol. The molecule has 2 aliphatic heterocycles. The Morgan fingerprint density at radius 2 is 1.92 bits per heavy atom. The second-order valence-electron chi connectivity index (χ2n) is 10.8. The number of nitrogens with zero attached hydrogens (tertiary/aromatic N) is 6. The monoisotopic (exact) mass is 511 g/mol. The van der Waals surface area contributed by atoms with E-state index in [1.807, 2.05) is 31.3 Å². The molecule has 196 valence electrons. The van der Waals surface area contributed by atoms with Gasteiger partial charge < -0.3 is 10.1 Å². The van der Waals surface area contributed by atoms with Crippen LogP contribution in [0, 0.1) is 18.3 Å². The van der Waals surface area contributed by atoms with Gasteiger partial charge in [-0.1, -0.05) is 6.07 Å². The van der Waals surface area contributed by atoms with Crippen molar-refractivity contribution in [1.82, 2.24) is 24.6 Å². The molecule has 1 saturated carbocycles. The number of rotatable bonds is 6. The van der Waals surface area contributed by atoms with Crippen LogP contribution >= 0.6 is 0 Å². The topological polar surface area (TPSA) is 109 Å². The molecule has 5 heterocycles. The van der Waals surface area contributed by atoms with Crippen molar-refractivity contribution in [1.29, 1.82) is 5.26 Å². The molecule has 3 aromatic rings. The van der Waals surface area contributed by atoms with Crippen LogP contribution in [0.25, 0.3) is 5.82 Å². The zero-order valence-corrected chi connectivity index (χ0v) is 21.9. The molecule has 2 atom stereocenters. The average molecular weight is 512 g/mol. The van der Waals surface area contributed by atoms with Crippen molar-refractivity contribution in [3.05, 3.63) is 65.4 Å². The average Bonchev–Trinajstić information content (AvgIpc) is 3.60. The number of piperidine rings is 1. The Kier molecular flexibility index (Phi) is 6.46.